The third kappa shape index (κ3) is 3.66. The molecule has 3 fully saturated rings. The molecule has 3 saturated carbocycles. The Hall–Kier alpha value is -1.98. The van der Waals surface area contributed by atoms with E-state index in [1.54, 1.807) is 13.0 Å². The predicted octanol–water partition coefficient (Wildman–Crippen LogP) is 4.11. The third-order valence-corrected chi connectivity index (χ3v) is 9.26. The maximum Gasteiger partial charge on any atom is 0.306 e. The van der Waals surface area contributed by atoms with Crippen molar-refractivity contribution in [1.29, 1.82) is 0 Å². The highest BCUT2D eigenvalue weighted by Gasteiger charge is 2.61. The molecule has 7 atom stereocenters. The number of ether oxygens (including phenoxy) is 1. The van der Waals surface area contributed by atoms with Gasteiger partial charge in [0.05, 0.1) is 12.8 Å². The molecule has 0 aromatic rings. The fraction of sp³-hybridized carbons (Fsp3) is 0.760. The van der Waals surface area contributed by atoms with Gasteiger partial charge in [0, 0.05) is 12.3 Å². The first kappa shape index (κ1) is 22.2. The molecule has 0 aromatic carbocycles. The summed E-state index contributed by atoms with van der Waals surface area (Å²) in [6.45, 7) is 6.21. The summed E-state index contributed by atoms with van der Waals surface area (Å²) in [7, 11) is 0. The number of carboxylic acid groups (broad SMARTS) is 1. The van der Waals surface area contributed by atoms with E-state index in [2.05, 4.69) is 13.8 Å². The molecule has 0 aromatic heterocycles. The van der Waals surface area contributed by atoms with Crippen LogP contribution in [0.1, 0.15) is 78.6 Å². The number of rotatable bonds is 5. The number of aliphatic carboxylic acids is 1. The van der Waals surface area contributed by atoms with E-state index in [4.69, 9.17) is 9.84 Å². The normalized spacial score (nSPS) is 41.5. The zero-order chi connectivity index (χ0) is 22.6. The number of Topliss-reactive ketones (excluding diaryl/α,β-unsaturated/α-hetero) is 1. The van der Waals surface area contributed by atoms with E-state index in [1.807, 2.05) is 0 Å². The van der Waals surface area contributed by atoms with E-state index in [0.717, 1.165) is 37.7 Å². The molecule has 170 valence electrons. The molecular weight excluding hydrogens is 396 g/mol. The fourth-order valence-electron chi connectivity index (χ4n) is 7.79. The van der Waals surface area contributed by atoms with Gasteiger partial charge in [0.2, 0.25) is 0 Å². The summed E-state index contributed by atoms with van der Waals surface area (Å²) in [5.41, 5.74) is 0.732. The molecule has 0 amide bonds. The minimum absolute atomic E-state index is 0.00701. The van der Waals surface area contributed by atoms with Crippen LogP contribution in [0, 0.1) is 34.5 Å². The van der Waals surface area contributed by atoms with Gasteiger partial charge in [0.1, 0.15) is 11.9 Å². The van der Waals surface area contributed by atoms with Gasteiger partial charge in [-0.3, -0.25) is 19.2 Å². The molecule has 0 spiro atoms. The number of carboxylic acids is 1. The van der Waals surface area contributed by atoms with Gasteiger partial charge in [-0.25, -0.2) is 0 Å². The quantitative estimate of drug-likeness (QED) is 0.659. The average Bonchev–Trinajstić information content (AvgIpc) is 3.05. The van der Waals surface area contributed by atoms with Crippen LogP contribution >= 0.6 is 0 Å². The van der Waals surface area contributed by atoms with Crippen LogP contribution in [0.5, 0.6) is 0 Å². The van der Waals surface area contributed by atoms with Gasteiger partial charge in [0.25, 0.3) is 0 Å². The maximum absolute atomic E-state index is 12.4. The Morgan fingerprint density at radius 3 is 2.52 bits per heavy atom. The summed E-state index contributed by atoms with van der Waals surface area (Å²) < 4.78 is 5.84. The van der Waals surface area contributed by atoms with Crippen LogP contribution in [-0.4, -0.2) is 34.7 Å². The van der Waals surface area contributed by atoms with Crippen LogP contribution in [-0.2, 0) is 23.9 Å². The lowest BCUT2D eigenvalue weighted by Gasteiger charge is -2.59. The van der Waals surface area contributed by atoms with Gasteiger partial charge < -0.3 is 9.84 Å². The summed E-state index contributed by atoms with van der Waals surface area (Å²) in [6.07, 6.45) is 6.78. The third-order valence-electron chi connectivity index (χ3n) is 9.26. The van der Waals surface area contributed by atoms with E-state index in [0.29, 0.717) is 30.6 Å². The van der Waals surface area contributed by atoms with Crippen molar-refractivity contribution < 1.29 is 29.0 Å². The van der Waals surface area contributed by atoms with Crippen molar-refractivity contribution >= 4 is 23.5 Å². The molecule has 6 heteroatoms. The zero-order valence-corrected chi connectivity index (χ0v) is 18.8. The molecule has 0 aliphatic heterocycles. The Labute approximate surface area is 183 Å². The Morgan fingerprint density at radius 1 is 1.10 bits per heavy atom. The Balaban J connectivity index is 1.65. The van der Waals surface area contributed by atoms with Gasteiger partial charge in [-0.05, 0) is 85.7 Å². The molecule has 0 saturated heterocycles. The SMILES string of the molecule is CC(=O)[C@H]1CC[C@H]2[C@@H]3C[C@@H](OC(=O)CCC(=O)O)C4=CC(=O)CC[C@]4(C)[C@H]3CC[C@]12C. The van der Waals surface area contributed by atoms with Crippen LogP contribution < -0.4 is 0 Å². The number of carbonyl (C=O) groups is 4. The second-order valence-electron chi connectivity index (χ2n) is 10.8. The summed E-state index contributed by atoms with van der Waals surface area (Å²) in [5.74, 6) is 0.103. The largest absolute Gasteiger partial charge is 0.481 e. The standard InChI is InChI=1S/C25H34O6/c1-14(26)17-4-5-18-16-13-21(31-23(30)7-6-22(28)29)20-12-15(27)8-10-25(20,3)19(16)9-11-24(17,18)2/h12,16-19,21H,4-11,13H2,1-3H3,(H,28,29)/t16-,17+,18-,19-,21+,24+,25+/m0/s1. The van der Waals surface area contributed by atoms with Gasteiger partial charge >= 0.3 is 11.9 Å². The number of fused-ring (bicyclic) bond motifs is 5. The lowest BCUT2D eigenvalue weighted by atomic mass is 9.46. The number of hydrogen-bond donors (Lipinski definition) is 1. The summed E-state index contributed by atoms with van der Waals surface area (Å²) in [6, 6.07) is 0. The Bertz CT molecular complexity index is 843. The van der Waals surface area contributed by atoms with Crippen LogP contribution in [0.2, 0.25) is 0 Å². The number of hydrogen-bond acceptors (Lipinski definition) is 5. The molecule has 0 bridgehead atoms. The minimum atomic E-state index is -1.03. The highest BCUT2D eigenvalue weighted by atomic mass is 16.5. The van der Waals surface area contributed by atoms with Gasteiger partial charge in [-0.15, -0.1) is 0 Å². The predicted molar refractivity (Wildman–Crippen MR) is 113 cm³/mol. The van der Waals surface area contributed by atoms with Crippen molar-refractivity contribution in [3.8, 4) is 0 Å². The van der Waals surface area contributed by atoms with Crippen LogP contribution in [0.25, 0.3) is 0 Å². The first-order chi connectivity index (χ1) is 14.6. The molecule has 31 heavy (non-hydrogen) atoms. The minimum Gasteiger partial charge on any atom is -0.481 e. The van der Waals surface area contributed by atoms with Gasteiger partial charge in [0.15, 0.2) is 5.78 Å². The van der Waals surface area contributed by atoms with Crippen LogP contribution in [0.3, 0.4) is 0 Å². The summed E-state index contributed by atoms with van der Waals surface area (Å²) in [5, 5.41) is 8.90. The summed E-state index contributed by atoms with van der Waals surface area (Å²) >= 11 is 0. The first-order valence-corrected chi connectivity index (χ1v) is 11.7. The molecule has 0 unspecified atom stereocenters. The van der Waals surface area contributed by atoms with Crippen molar-refractivity contribution in [3.05, 3.63) is 11.6 Å². The molecule has 0 radical (unpaired) electrons. The highest BCUT2D eigenvalue weighted by molar-refractivity contribution is 5.92. The van der Waals surface area contributed by atoms with Crippen molar-refractivity contribution in [3.63, 3.8) is 0 Å². The molecule has 4 rings (SSSR count). The van der Waals surface area contributed by atoms with Crippen molar-refractivity contribution in [1.82, 2.24) is 0 Å². The van der Waals surface area contributed by atoms with Crippen molar-refractivity contribution in [2.75, 3.05) is 0 Å². The Morgan fingerprint density at radius 2 is 1.84 bits per heavy atom. The lowest BCUT2D eigenvalue weighted by molar-refractivity contribution is -0.157. The average molecular weight is 431 g/mol. The summed E-state index contributed by atoms with van der Waals surface area (Å²) in [4.78, 5) is 47.9. The van der Waals surface area contributed by atoms with Crippen molar-refractivity contribution in [2.24, 2.45) is 34.5 Å². The van der Waals surface area contributed by atoms with E-state index in [-0.39, 0.29) is 41.2 Å². The topological polar surface area (TPSA) is 97.7 Å². The Kier molecular flexibility index (Phi) is 5.63. The van der Waals surface area contributed by atoms with E-state index in [9.17, 15) is 19.2 Å². The number of esters is 1. The fourth-order valence-corrected chi connectivity index (χ4v) is 7.79. The first-order valence-electron chi connectivity index (χ1n) is 11.7. The second kappa shape index (κ2) is 7.86. The van der Waals surface area contributed by atoms with Crippen molar-refractivity contribution in [2.45, 2.75) is 84.7 Å². The molecule has 6 nitrogen and oxygen atoms in total. The molecule has 0 heterocycles. The van der Waals surface area contributed by atoms with Crippen LogP contribution in [0.4, 0.5) is 0 Å². The number of carbonyl (C=O) groups excluding carboxylic acids is 3. The lowest BCUT2D eigenvalue weighted by Crippen LogP contribution is -2.54. The van der Waals surface area contributed by atoms with E-state index >= 15 is 0 Å². The molecule has 1 N–H and O–H groups in total. The number of ketones is 2. The van der Waals surface area contributed by atoms with Gasteiger partial charge in [-0.1, -0.05) is 13.8 Å². The van der Waals surface area contributed by atoms with E-state index < -0.39 is 18.0 Å². The van der Waals surface area contributed by atoms with Gasteiger partial charge in [-0.2, -0.15) is 0 Å². The molecule has 4 aliphatic carbocycles. The monoisotopic (exact) mass is 430 g/mol. The second-order valence-corrected chi connectivity index (χ2v) is 10.8. The van der Waals surface area contributed by atoms with E-state index in [1.165, 1.54) is 0 Å². The van der Waals surface area contributed by atoms with Crippen LogP contribution in [0.15, 0.2) is 11.6 Å². The molecular formula is C25H34O6. The smallest absolute Gasteiger partial charge is 0.306 e. The highest BCUT2D eigenvalue weighted by Crippen LogP contribution is 2.67. The molecule has 4 aliphatic rings. The maximum atomic E-state index is 12.4. The zero-order valence-electron chi connectivity index (χ0n) is 18.8.